The molecule has 0 aliphatic carbocycles. The molecule has 1 N–H and O–H groups in total. The van der Waals surface area contributed by atoms with Crippen LogP contribution in [0.4, 0.5) is 0 Å². The second kappa shape index (κ2) is 2.64. The van der Waals surface area contributed by atoms with E-state index in [1.165, 1.54) is 12.4 Å². The highest BCUT2D eigenvalue weighted by molar-refractivity contribution is 5.10. The summed E-state index contributed by atoms with van der Waals surface area (Å²) < 4.78 is 0. The van der Waals surface area contributed by atoms with Crippen molar-refractivity contribution in [2.75, 3.05) is 0 Å². The van der Waals surface area contributed by atoms with Crippen LogP contribution in [0.2, 0.25) is 0 Å². The van der Waals surface area contributed by atoms with Crippen LogP contribution in [0.25, 0.3) is 0 Å². The van der Waals surface area contributed by atoms with E-state index < -0.39 is 0 Å². The molecule has 0 aliphatic rings. The quantitative estimate of drug-likeness (QED) is 0.636. The molecule has 0 atom stereocenters. The summed E-state index contributed by atoms with van der Waals surface area (Å²) in [5, 5.41) is 8.81. The van der Waals surface area contributed by atoms with E-state index in [1.807, 2.05) is 13.8 Å². The predicted molar refractivity (Wildman–Crippen MR) is 37.8 cm³/mol. The van der Waals surface area contributed by atoms with E-state index >= 15 is 0 Å². The fourth-order valence-electron chi connectivity index (χ4n) is 0.629. The monoisotopic (exact) mass is 138 g/mol. The SMILES string of the molecule is CC(C)c1ncc(O)cn1. The van der Waals surface area contributed by atoms with Gasteiger partial charge in [-0.1, -0.05) is 13.8 Å². The van der Waals surface area contributed by atoms with E-state index in [-0.39, 0.29) is 5.75 Å². The molecule has 0 bridgehead atoms. The molecule has 0 saturated carbocycles. The molecule has 1 rings (SSSR count). The summed E-state index contributed by atoms with van der Waals surface area (Å²) in [6.07, 6.45) is 2.81. The Bertz CT molecular complexity index is 205. The molecule has 0 saturated heterocycles. The van der Waals surface area contributed by atoms with E-state index in [4.69, 9.17) is 5.11 Å². The Hall–Kier alpha value is -1.12. The van der Waals surface area contributed by atoms with Gasteiger partial charge in [0.05, 0.1) is 12.4 Å². The highest BCUT2D eigenvalue weighted by Crippen LogP contribution is 2.09. The van der Waals surface area contributed by atoms with Crippen molar-refractivity contribution in [2.24, 2.45) is 0 Å². The fraction of sp³-hybridized carbons (Fsp3) is 0.429. The van der Waals surface area contributed by atoms with Gasteiger partial charge in [0, 0.05) is 5.92 Å². The Morgan fingerprint density at radius 2 is 1.80 bits per heavy atom. The van der Waals surface area contributed by atoms with Crippen molar-refractivity contribution in [3.8, 4) is 5.75 Å². The zero-order valence-electron chi connectivity index (χ0n) is 6.07. The molecule has 0 unspecified atom stereocenters. The number of hydrogen-bond donors (Lipinski definition) is 1. The van der Waals surface area contributed by atoms with Gasteiger partial charge in [0.25, 0.3) is 0 Å². The summed E-state index contributed by atoms with van der Waals surface area (Å²) in [5.41, 5.74) is 0. The van der Waals surface area contributed by atoms with Gasteiger partial charge < -0.3 is 5.11 Å². The van der Waals surface area contributed by atoms with E-state index in [0.29, 0.717) is 5.92 Å². The molecule has 0 aromatic carbocycles. The maximum absolute atomic E-state index is 8.81. The molecule has 0 fully saturated rings. The second-order valence-electron chi connectivity index (χ2n) is 2.45. The maximum atomic E-state index is 8.81. The van der Waals surface area contributed by atoms with Crippen LogP contribution in [-0.4, -0.2) is 15.1 Å². The number of aromatic hydroxyl groups is 1. The van der Waals surface area contributed by atoms with Crippen LogP contribution in [0.3, 0.4) is 0 Å². The van der Waals surface area contributed by atoms with E-state index in [2.05, 4.69) is 9.97 Å². The predicted octanol–water partition coefficient (Wildman–Crippen LogP) is 1.31. The van der Waals surface area contributed by atoms with E-state index in [1.54, 1.807) is 0 Å². The Labute approximate surface area is 59.8 Å². The summed E-state index contributed by atoms with van der Waals surface area (Å²) in [7, 11) is 0. The largest absolute Gasteiger partial charge is 0.505 e. The first kappa shape index (κ1) is 6.99. The van der Waals surface area contributed by atoms with Crippen LogP contribution in [0.1, 0.15) is 25.6 Å². The molecule has 0 spiro atoms. The van der Waals surface area contributed by atoms with Gasteiger partial charge in [-0.3, -0.25) is 0 Å². The van der Waals surface area contributed by atoms with Crippen molar-refractivity contribution >= 4 is 0 Å². The first-order chi connectivity index (χ1) is 4.70. The zero-order chi connectivity index (χ0) is 7.56. The number of nitrogens with zero attached hydrogens (tertiary/aromatic N) is 2. The van der Waals surface area contributed by atoms with Crippen LogP contribution >= 0.6 is 0 Å². The van der Waals surface area contributed by atoms with Gasteiger partial charge in [0.1, 0.15) is 5.82 Å². The molecule has 3 heteroatoms. The van der Waals surface area contributed by atoms with Gasteiger partial charge in [0.15, 0.2) is 5.75 Å². The normalized spacial score (nSPS) is 10.3. The van der Waals surface area contributed by atoms with Gasteiger partial charge in [-0.2, -0.15) is 0 Å². The van der Waals surface area contributed by atoms with Gasteiger partial charge in [-0.05, 0) is 0 Å². The summed E-state index contributed by atoms with van der Waals surface area (Å²) in [4.78, 5) is 7.83. The third kappa shape index (κ3) is 1.43. The number of aromatic nitrogens is 2. The molecule has 1 aromatic heterocycles. The summed E-state index contributed by atoms with van der Waals surface area (Å²) in [6.45, 7) is 4.01. The topological polar surface area (TPSA) is 46.0 Å². The van der Waals surface area contributed by atoms with Crippen molar-refractivity contribution in [2.45, 2.75) is 19.8 Å². The highest BCUT2D eigenvalue weighted by Gasteiger charge is 2.00. The summed E-state index contributed by atoms with van der Waals surface area (Å²) in [5.74, 6) is 1.20. The lowest BCUT2D eigenvalue weighted by atomic mass is 10.2. The van der Waals surface area contributed by atoms with Gasteiger partial charge in [-0.15, -0.1) is 0 Å². The molecule has 0 aliphatic heterocycles. The molecule has 1 aromatic rings. The van der Waals surface area contributed by atoms with Crippen molar-refractivity contribution in [3.05, 3.63) is 18.2 Å². The molecule has 10 heavy (non-hydrogen) atoms. The smallest absolute Gasteiger partial charge is 0.152 e. The Kier molecular flexibility index (Phi) is 1.85. The Morgan fingerprint density at radius 1 is 1.30 bits per heavy atom. The van der Waals surface area contributed by atoms with Crippen LogP contribution < -0.4 is 0 Å². The second-order valence-corrected chi connectivity index (χ2v) is 2.45. The Morgan fingerprint density at radius 3 is 2.20 bits per heavy atom. The molecule has 0 amide bonds. The van der Waals surface area contributed by atoms with Gasteiger partial charge in [0.2, 0.25) is 0 Å². The maximum Gasteiger partial charge on any atom is 0.152 e. The van der Waals surface area contributed by atoms with E-state index in [0.717, 1.165) is 5.82 Å². The lowest BCUT2D eigenvalue weighted by molar-refractivity contribution is 0.467. The van der Waals surface area contributed by atoms with Crippen LogP contribution in [0.5, 0.6) is 5.75 Å². The minimum Gasteiger partial charge on any atom is -0.505 e. The highest BCUT2D eigenvalue weighted by atomic mass is 16.3. The molecule has 54 valence electrons. The molecule has 0 radical (unpaired) electrons. The van der Waals surface area contributed by atoms with Gasteiger partial charge >= 0.3 is 0 Å². The first-order valence-electron chi connectivity index (χ1n) is 3.21. The molecule has 3 nitrogen and oxygen atoms in total. The van der Waals surface area contributed by atoms with Gasteiger partial charge in [-0.25, -0.2) is 9.97 Å². The minimum atomic E-state index is 0.115. The average Bonchev–Trinajstić information content (AvgIpc) is 1.88. The van der Waals surface area contributed by atoms with Crippen molar-refractivity contribution in [1.82, 2.24) is 9.97 Å². The van der Waals surface area contributed by atoms with Crippen LogP contribution in [0, 0.1) is 0 Å². The van der Waals surface area contributed by atoms with Crippen LogP contribution in [0.15, 0.2) is 12.4 Å². The fourth-order valence-corrected chi connectivity index (χ4v) is 0.629. The molecule has 1 heterocycles. The third-order valence-corrected chi connectivity index (χ3v) is 1.17. The van der Waals surface area contributed by atoms with Crippen LogP contribution in [-0.2, 0) is 0 Å². The summed E-state index contributed by atoms with van der Waals surface area (Å²) >= 11 is 0. The van der Waals surface area contributed by atoms with E-state index in [9.17, 15) is 0 Å². The Balaban J connectivity index is 2.89. The minimum absolute atomic E-state index is 0.115. The summed E-state index contributed by atoms with van der Waals surface area (Å²) in [6, 6.07) is 0. The lowest BCUT2D eigenvalue weighted by Gasteiger charge is -2.00. The van der Waals surface area contributed by atoms with Crippen molar-refractivity contribution in [1.29, 1.82) is 0 Å². The standard InChI is InChI=1S/C7H10N2O/c1-5(2)7-8-3-6(10)4-9-7/h3-5,10H,1-2H3. The first-order valence-corrected chi connectivity index (χ1v) is 3.21. The zero-order valence-corrected chi connectivity index (χ0v) is 6.07. The average molecular weight is 138 g/mol. The number of hydrogen-bond acceptors (Lipinski definition) is 3. The molecular weight excluding hydrogens is 128 g/mol. The lowest BCUT2D eigenvalue weighted by Crippen LogP contribution is -1.94. The van der Waals surface area contributed by atoms with Crippen molar-refractivity contribution < 1.29 is 5.11 Å². The number of rotatable bonds is 1. The van der Waals surface area contributed by atoms with Crippen molar-refractivity contribution in [3.63, 3.8) is 0 Å². The third-order valence-electron chi connectivity index (χ3n) is 1.17. The molecular formula is C7H10N2O.